The average Bonchev–Trinajstić information content (AvgIpc) is 2.77. The maximum Gasteiger partial charge on any atom is 0.224 e. The number of rotatable bonds is 4. The van der Waals surface area contributed by atoms with Gasteiger partial charge in [-0.15, -0.1) is 0 Å². The van der Waals surface area contributed by atoms with E-state index in [4.69, 9.17) is 19.7 Å². The molecule has 2 aliphatic rings. The molecule has 2 fully saturated rings. The lowest BCUT2D eigenvalue weighted by molar-refractivity contribution is -0.328. The van der Waals surface area contributed by atoms with Crippen molar-refractivity contribution in [1.29, 1.82) is 0 Å². The van der Waals surface area contributed by atoms with Crippen molar-refractivity contribution in [3.05, 3.63) is 0 Å². The van der Waals surface area contributed by atoms with Crippen LogP contribution < -0.4 is 0 Å². The average molecular weight is 342 g/mol. The van der Waals surface area contributed by atoms with Crippen molar-refractivity contribution in [1.82, 2.24) is 0 Å². The predicted octanol–water partition coefficient (Wildman–Crippen LogP) is -6.01. The first kappa shape index (κ1) is 18.9. The molecule has 136 valence electrons. The van der Waals surface area contributed by atoms with Gasteiger partial charge in [0, 0.05) is 0 Å². The molecule has 0 saturated carbocycles. The lowest BCUT2D eigenvalue weighted by atomic mass is 9.87. The minimum atomic E-state index is -2.81. The Balaban J connectivity index is 2.23. The van der Waals surface area contributed by atoms with Crippen LogP contribution in [0.15, 0.2) is 0 Å². The fourth-order valence-corrected chi connectivity index (χ4v) is 2.85. The van der Waals surface area contributed by atoms with Gasteiger partial charge in [-0.1, -0.05) is 0 Å². The second kappa shape index (κ2) is 6.82. The van der Waals surface area contributed by atoms with Crippen LogP contribution in [0.2, 0.25) is 0 Å². The summed E-state index contributed by atoms with van der Waals surface area (Å²) >= 11 is 0. The summed E-state index contributed by atoms with van der Waals surface area (Å²) < 4.78 is 9.94. The zero-order chi connectivity index (χ0) is 17.5. The molecule has 2 aliphatic heterocycles. The molecule has 0 aromatic heterocycles. The molecule has 10 atom stereocenters. The zero-order valence-corrected chi connectivity index (χ0v) is 12.0. The van der Waals surface area contributed by atoms with E-state index in [2.05, 4.69) is 0 Å². The third-order valence-corrected chi connectivity index (χ3v) is 4.31. The lowest BCUT2D eigenvalue weighted by Crippen LogP contribution is -2.67. The molecule has 11 nitrogen and oxygen atoms in total. The molecule has 0 bridgehead atoms. The van der Waals surface area contributed by atoms with Crippen LogP contribution in [-0.2, 0) is 9.47 Å². The van der Waals surface area contributed by atoms with Gasteiger partial charge in [-0.25, -0.2) is 0 Å². The summed E-state index contributed by atoms with van der Waals surface area (Å²) in [4.78, 5) is 0. The van der Waals surface area contributed by atoms with Crippen molar-refractivity contribution in [2.45, 2.75) is 60.7 Å². The summed E-state index contributed by atoms with van der Waals surface area (Å²) in [5.41, 5.74) is 0. The van der Waals surface area contributed by atoms with Crippen molar-refractivity contribution in [2.75, 3.05) is 13.2 Å². The summed E-state index contributed by atoms with van der Waals surface area (Å²) in [6.45, 7) is -1.51. The summed E-state index contributed by atoms with van der Waals surface area (Å²) in [6.07, 6.45) is -15.8. The lowest BCUT2D eigenvalue weighted by Gasteiger charge is -2.45. The molecule has 0 radical (unpaired) electrons. The second-order valence-electron chi connectivity index (χ2n) is 5.76. The van der Waals surface area contributed by atoms with E-state index in [1.165, 1.54) is 0 Å². The van der Waals surface area contributed by atoms with E-state index in [1.807, 2.05) is 0 Å². The molecule has 2 rings (SSSR count). The Bertz CT molecular complexity index is 406. The molecule has 23 heavy (non-hydrogen) atoms. The number of ether oxygens (including phenoxy) is 2. The molecule has 2 saturated heterocycles. The SMILES string of the molecule is OC[C@H]1O[C@](O)(C(O)[C@H]2O[C@H](CO)[C@@H](O)[C@H](O)[C@H]2O)[C@@H](O)[C@@H]1O. The third-order valence-electron chi connectivity index (χ3n) is 4.31. The van der Waals surface area contributed by atoms with E-state index in [0.29, 0.717) is 0 Å². The van der Waals surface area contributed by atoms with Gasteiger partial charge in [0.05, 0.1) is 13.2 Å². The van der Waals surface area contributed by atoms with E-state index < -0.39 is 73.9 Å². The quantitative estimate of drug-likeness (QED) is 0.235. The van der Waals surface area contributed by atoms with E-state index in [-0.39, 0.29) is 0 Å². The molecule has 2 heterocycles. The highest BCUT2D eigenvalue weighted by atomic mass is 16.7. The Kier molecular flexibility index (Phi) is 5.60. The van der Waals surface area contributed by atoms with Gasteiger partial charge >= 0.3 is 0 Å². The number of aliphatic hydroxyl groups is 9. The van der Waals surface area contributed by atoms with Gasteiger partial charge in [0.15, 0.2) is 0 Å². The van der Waals surface area contributed by atoms with Crippen molar-refractivity contribution in [3.63, 3.8) is 0 Å². The Morgan fingerprint density at radius 2 is 1.39 bits per heavy atom. The second-order valence-corrected chi connectivity index (χ2v) is 5.76. The van der Waals surface area contributed by atoms with Crippen LogP contribution in [0.5, 0.6) is 0 Å². The molecule has 0 aromatic rings. The third kappa shape index (κ3) is 2.99. The summed E-state index contributed by atoms with van der Waals surface area (Å²) in [7, 11) is 0. The van der Waals surface area contributed by atoms with Gasteiger partial charge in [-0.2, -0.15) is 0 Å². The van der Waals surface area contributed by atoms with Crippen LogP contribution in [0.25, 0.3) is 0 Å². The summed E-state index contributed by atoms with van der Waals surface area (Å²) in [5.74, 6) is -2.81. The van der Waals surface area contributed by atoms with Crippen LogP contribution >= 0.6 is 0 Å². The maximum atomic E-state index is 10.3. The van der Waals surface area contributed by atoms with Crippen LogP contribution in [0.3, 0.4) is 0 Å². The molecule has 11 heteroatoms. The van der Waals surface area contributed by atoms with Crippen molar-refractivity contribution in [3.8, 4) is 0 Å². The first-order valence-corrected chi connectivity index (χ1v) is 7.04. The van der Waals surface area contributed by atoms with Crippen LogP contribution in [0.4, 0.5) is 0 Å². The number of hydrogen-bond acceptors (Lipinski definition) is 11. The van der Waals surface area contributed by atoms with E-state index in [0.717, 1.165) is 0 Å². The Morgan fingerprint density at radius 3 is 1.87 bits per heavy atom. The largest absolute Gasteiger partial charge is 0.394 e. The minimum absolute atomic E-state index is 0.752. The minimum Gasteiger partial charge on any atom is -0.394 e. The topological polar surface area (TPSA) is 201 Å². The van der Waals surface area contributed by atoms with Crippen LogP contribution in [0, 0.1) is 0 Å². The monoisotopic (exact) mass is 342 g/mol. The molecular formula is C12H22O11. The van der Waals surface area contributed by atoms with Gasteiger partial charge in [-0.05, 0) is 0 Å². The van der Waals surface area contributed by atoms with E-state index >= 15 is 0 Å². The molecule has 9 N–H and O–H groups in total. The van der Waals surface area contributed by atoms with Crippen LogP contribution in [0.1, 0.15) is 0 Å². The highest BCUT2D eigenvalue weighted by molar-refractivity contribution is 5.05. The number of hydrogen-bond donors (Lipinski definition) is 9. The van der Waals surface area contributed by atoms with E-state index in [9.17, 15) is 35.7 Å². The van der Waals surface area contributed by atoms with Crippen molar-refractivity contribution in [2.24, 2.45) is 0 Å². The fourth-order valence-electron chi connectivity index (χ4n) is 2.85. The predicted molar refractivity (Wildman–Crippen MR) is 68.7 cm³/mol. The zero-order valence-electron chi connectivity index (χ0n) is 12.0. The molecular weight excluding hydrogens is 320 g/mol. The highest BCUT2D eigenvalue weighted by Gasteiger charge is 2.61. The Morgan fingerprint density at radius 1 is 0.826 bits per heavy atom. The Hall–Kier alpha value is -0.440. The Labute approximate surface area is 130 Å². The van der Waals surface area contributed by atoms with Crippen molar-refractivity contribution < 1.29 is 55.4 Å². The molecule has 0 amide bonds. The van der Waals surface area contributed by atoms with Gasteiger partial charge in [-0.3, -0.25) is 0 Å². The van der Waals surface area contributed by atoms with Gasteiger partial charge in [0.25, 0.3) is 0 Å². The number of aliphatic hydroxyl groups excluding tert-OH is 8. The normalized spacial score (nSPS) is 52.6. The molecule has 0 spiro atoms. The standard InChI is InChI=1S/C12H22O11/c13-1-3-5(15)7(17)8(18)9(22-3)11(20)12(21)10(19)6(16)4(2-14)23-12/h3-11,13-21H,1-2H2/t3-,4-,5-,6-,7+,8-,9+,10+,11?,12+/m1/s1. The molecule has 1 unspecified atom stereocenters. The highest BCUT2D eigenvalue weighted by Crippen LogP contribution is 2.36. The molecule has 0 aliphatic carbocycles. The van der Waals surface area contributed by atoms with E-state index in [1.54, 1.807) is 0 Å². The van der Waals surface area contributed by atoms with Crippen molar-refractivity contribution >= 4 is 0 Å². The van der Waals surface area contributed by atoms with Gasteiger partial charge in [0.2, 0.25) is 5.79 Å². The first-order chi connectivity index (χ1) is 10.7. The maximum absolute atomic E-state index is 10.3. The summed E-state index contributed by atoms with van der Waals surface area (Å²) in [6, 6.07) is 0. The smallest absolute Gasteiger partial charge is 0.224 e. The fraction of sp³-hybridized carbons (Fsp3) is 1.00. The molecule has 0 aromatic carbocycles. The first-order valence-electron chi connectivity index (χ1n) is 7.04. The van der Waals surface area contributed by atoms with Crippen LogP contribution in [-0.4, -0.2) is 120 Å². The summed E-state index contributed by atoms with van der Waals surface area (Å²) in [5, 5.41) is 87.4. The van der Waals surface area contributed by atoms with Gasteiger partial charge in [0.1, 0.15) is 54.9 Å². The van der Waals surface area contributed by atoms with Gasteiger partial charge < -0.3 is 55.4 Å².